The highest BCUT2D eigenvalue weighted by Crippen LogP contribution is 2.17. The summed E-state index contributed by atoms with van der Waals surface area (Å²) in [5.41, 5.74) is 2.97. The maximum Gasteiger partial charge on any atom is 0.195 e. The minimum atomic E-state index is 0. The quantitative estimate of drug-likeness (QED) is 0.161. The van der Waals surface area contributed by atoms with Crippen molar-refractivity contribution in [2.45, 2.75) is 19.8 Å². The lowest BCUT2D eigenvalue weighted by Gasteiger charge is -2.12. The molecule has 0 unspecified atom stereocenters. The van der Waals surface area contributed by atoms with Gasteiger partial charge in [0.25, 0.3) is 0 Å². The molecular formula is C22H30IN5O2. The topological polar surface area (TPSA) is 83.6 Å². The first kappa shape index (κ1) is 23.9. The van der Waals surface area contributed by atoms with Gasteiger partial charge in [0.05, 0.1) is 17.6 Å². The lowest BCUT2D eigenvalue weighted by atomic mass is 10.3. The number of ether oxygens (including phenoxy) is 2. The Morgan fingerprint density at radius 2 is 2.00 bits per heavy atom. The molecule has 8 heteroatoms. The number of hydrogen-bond acceptors (Lipinski definition) is 4. The Balaban J connectivity index is 0.00000320. The predicted octanol–water partition coefficient (Wildman–Crippen LogP) is 4.22. The molecule has 3 N–H and O–H groups in total. The number of methoxy groups -OCH3 is 1. The Morgan fingerprint density at radius 3 is 2.80 bits per heavy atom. The molecule has 0 radical (unpaired) electrons. The summed E-state index contributed by atoms with van der Waals surface area (Å²) in [6.07, 6.45) is 1.61. The SMILES string of the molecule is CCNC(=NCCc1nc2ccccc2[nH]1)Nc1cccc(OCCCOC)c1.I. The van der Waals surface area contributed by atoms with E-state index in [2.05, 4.69) is 25.6 Å². The van der Waals surface area contributed by atoms with Gasteiger partial charge >= 0.3 is 0 Å². The third-order valence-corrected chi connectivity index (χ3v) is 4.26. The number of aromatic amines is 1. The summed E-state index contributed by atoms with van der Waals surface area (Å²) >= 11 is 0. The van der Waals surface area contributed by atoms with Gasteiger partial charge < -0.3 is 25.1 Å². The van der Waals surface area contributed by atoms with E-state index in [4.69, 9.17) is 9.47 Å². The molecule has 1 heterocycles. The first-order chi connectivity index (χ1) is 14.3. The number of para-hydroxylation sites is 2. The van der Waals surface area contributed by atoms with Crippen LogP contribution in [0.25, 0.3) is 11.0 Å². The first-order valence-electron chi connectivity index (χ1n) is 9.99. The van der Waals surface area contributed by atoms with E-state index in [-0.39, 0.29) is 24.0 Å². The molecule has 0 bridgehead atoms. The zero-order valence-corrected chi connectivity index (χ0v) is 19.8. The molecule has 2 aromatic carbocycles. The molecule has 3 aromatic rings. The number of guanidine groups is 1. The van der Waals surface area contributed by atoms with Gasteiger partial charge in [-0.15, -0.1) is 24.0 Å². The van der Waals surface area contributed by atoms with E-state index in [1.165, 1.54) is 0 Å². The summed E-state index contributed by atoms with van der Waals surface area (Å²) in [5.74, 6) is 2.50. The second-order valence-corrected chi connectivity index (χ2v) is 6.56. The molecule has 3 rings (SSSR count). The second kappa shape index (κ2) is 13.1. The van der Waals surface area contributed by atoms with Crippen molar-refractivity contribution in [3.05, 3.63) is 54.4 Å². The maximum atomic E-state index is 5.77. The molecule has 0 amide bonds. The summed E-state index contributed by atoms with van der Waals surface area (Å²) in [4.78, 5) is 12.6. The minimum Gasteiger partial charge on any atom is -0.493 e. The fourth-order valence-electron chi connectivity index (χ4n) is 2.90. The number of aromatic nitrogens is 2. The highest BCUT2D eigenvalue weighted by molar-refractivity contribution is 14.0. The third-order valence-electron chi connectivity index (χ3n) is 4.26. The first-order valence-corrected chi connectivity index (χ1v) is 9.99. The predicted molar refractivity (Wildman–Crippen MR) is 133 cm³/mol. The van der Waals surface area contributed by atoms with Gasteiger partial charge in [0.15, 0.2) is 5.96 Å². The standard InChI is InChI=1S/C22H29N5O2.HI/c1-3-23-22(24-13-12-21-26-19-10-4-5-11-20(19)27-21)25-17-8-6-9-18(16-17)29-15-7-14-28-2;/h4-6,8-11,16H,3,7,12-15H2,1-2H3,(H,26,27)(H2,23,24,25);1H. The van der Waals surface area contributed by atoms with E-state index in [1.54, 1.807) is 7.11 Å². The highest BCUT2D eigenvalue weighted by atomic mass is 127. The molecule has 30 heavy (non-hydrogen) atoms. The van der Waals surface area contributed by atoms with Crippen LogP contribution in [0.3, 0.4) is 0 Å². The van der Waals surface area contributed by atoms with Crippen LogP contribution in [-0.2, 0) is 11.2 Å². The van der Waals surface area contributed by atoms with Crippen LogP contribution in [0.2, 0.25) is 0 Å². The molecule has 0 spiro atoms. The van der Waals surface area contributed by atoms with Crippen LogP contribution >= 0.6 is 24.0 Å². The van der Waals surface area contributed by atoms with Crippen LogP contribution in [-0.4, -0.2) is 49.3 Å². The second-order valence-electron chi connectivity index (χ2n) is 6.56. The Labute approximate surface area is 194 Å². The summed E-state index contributed by atoms with van der Waals surface area (Å²) in [6.45, 7) is 4.78. The van der Waals surface area contributed by atoms with Crippen LogP contribution in [0.5, 0.6) is 5.75 Å². The van der Waals surface area contributed by atoms with Crippen LogP contribution in [0.1, 0.15) is 19.2 Å². The molecule has 0 fully saturated rings. The summed E-state index contributed by atoms with van der Waals surface area (Å²) < 4.78 is 10.8. The van der Waals surface area contributed by atoms with Gasteiger partial charge in [0, 0.05) is 51.4 Å². The third kappa shape index (κ3) is 7.49. The smallest absolute Gasteiger partial charge is 0.195 e. The van der Waals surface area contributed by atoms with Gasteiger partial charge in [-0.2, -0.15) is 0 Å². The molecular weight excluding hydrogens is 493 g/mol. The molecule has 1 aromatic heterocycles. The highest BCUT2D eigenvalue weighted by Gasteiger charge is 2.04. The fraction of sp³-hybridized carbons (Fsp3) is 0.364. The van der Waals surface area contributed by atoms with E-state index < -0.39 is 0 Å². The average Bonchev–Trinajstić information content (AvgIpc) is 3.14. The average molecular weight is 523 g/mol. The fourth-order valence-corrected chi connectivity index (χ4v) is 2.90. The number of imidazole rings is 1. The number of H-pyrrole nitrogens is 1. The van der Waals surface area contributed by atoms with Gasteiger partial charge in [0.1, 0.15) is 11.6 Å². The van der Waals surface area contributed by atoms with Gasteiger partial charge in [-0.25, -0.2) is 4.98 Å². The number of halogens is 1. The molecule has 7 nitrogen and oxygen atoms in total. The molecule has 0 saturated carbocycles. The number of aliphatic imine (C=N–C) groups is 1. The number of hydrogen-bond donors (Lipinski definition) is 3. The molecule has 0 saturated heterocycles. The van der Waals surface area contributed by atoms with Crippen molar-refractivity contribution in [2.75, 3.05) is 38.7 Å². The lowest BCUT2D eigenvalue weighted by molar-refractivity contribution is 0.172. The van der Waals surface area contributed by atoms with Crippen molar-refractivity contribution in [2.24, 2.45) is 4.99 Å². The Bertz CT molecular complexity index is 896. The van der Waals surface area contributed by atoms with Crippen molar-refractivity contribution < 1.29 is 9.47 Å². The minimum absolute atomic E-state index is 0. The van der Waals surface area contributed by atoms with E-state index in [0.717, 1.165) is 53.6 Å². The zero-order valence-electron chi connectivity index (χ0n) is 17.5. The zero-order chi connectivity index (χ0) is 20.3. The molecule has 0 aliphatic carbocycles. The normalized spacial score (nSPS) is 11.2. The summed E-state index contributed by atoms with van der Waals surface area (Å²) in [5, 5.41) is 6.61. The van der Waals surface area contributed by atoms with Gasteiger partial charge in [0.2, 0.25) is 0 Å². The van der Waals surface area contributed by atoms with E-state index >= 15 is 0 Å². The molecule has 0 aliphatic rings. The van der Waals surface area contributed by atoms with Crippen LogP contribution in [0.4, 0.5) is 5.69 Å². The number of anilines is 1. The Kier molecular flexibility index (Phi) is 10.4. The molecule has 0 atom stereocenters. The summed E-state index contributed by atoms with van der Waals surface area (Å²) in [7, 11) is 1.69. The van der Waals surface area contributed by atoms with Crippen molar-refractivity contribution in [1.29, 1.82) is 0 Å². The number of fused-ring (bicyclic) bond motifs is 1. The van der Waals surface area contributed by atoms with Crippen molar-refractivity contribution in [3.8, 4) is 5.75 Å². The van der Waals surface area contributed by atoms with Crippen molar-refractivity contribution >= 4 is 46.7 Å². The van der Waals surface area contributed by atoms with E-state index in [1.807, 2.05) is 55.5 Å². The van der Waals surface area contributed by atoms with E-state index in [9.17, 15) is 0 Å². The number of benzene rings is 2. The number of rotatable bonds is 10. The van der Waals surface area contributed by atoms with Crippen molar-refractivity contribution in [3.63, 3.8) is 0 Å². The maximum absolute atomic E-state index is 5.77. The Morgan fingerprint density at radius 1 is 1.13 bits per heavy atom. The van der Waals surface area contributed by atoms with E-state index in [0.29, 0.717) is 19.8 Å². The van der Waals surface area contributed by atoms with Crippen LogP contribution < -0.4 is 15.4 Å². The molecule has 162 valence electrons. The van der Waals surface area contributed by atoms with Crippen LogP contribution in [0.15, 0.2) is 53.5 Å². The van der Waals surface area contributed by atoms with Gasteiger partial charge in [-0.1, -0.05) is 18.2 Å². The number of nitrogens with one attached hydrogen (secondary N) is 3. The number of nitrogens with zero attached hydrogens (tertiary/aromatic N) is 2. The van der Waals surface area contributed by atoms with Crippen LogP contribution in [0, 0.1) is 0 Å². The van der Waals surface area contributed by atoms with Gasteiger partial charge in [-0.3, -0.25) is 4.99 Å². The van der Waals surface area contributed by atoms with Crippen molar-refractivity contribution in [1.82, 2.24) is 15.3 Å². The molecule has 0 aliphatic heterocycles. The van der Waals surface area contributed by atoms with Gasteiger partial charge in [-0.05, 0) is 31.2 Å². The largest absolute Gasteiger partial charge is 0.493 e. The Hall–Kier alpha value is -2.33. The monoisotopic (exact) mass is 523 g/mol. The lowest BCUT2D eigenvalue weighted by Crippen LogP contribution is -2.30. The summed E-state index contributed by atoms with van der Waals surface area (Å²) in [6, 6.07) is 15.9.